The molecule has 1 aromatic rings. The van der Waals surface area contributed by atoms with Crippen molar-refractivity contribution in [3.63, 3.8) is 0 Å². The minimum absolute atomic E-state index is 0.230. The average molecular weight is 296 g/mol. The zero-order chi connectivity index (χ0) is 15.8. The smallest absolute Gasteiger partial charge is 0.328 e. The number of likely N-dealkylation sites (tertiary alicyclic amines) is 1. The Bertz CT molecular complexity index is 520. The summed E-state index contributed by atoms with van der Waals surface area (Å²) in [5.41, 5.74) is 5.36. The van der Waals surface area contributed by atoms with Crippen LogP contribution < -0.4 is 5.73 Å². The highest BCUT2D eigenvalue weighted by Crippen LogP contribution is 2.33. The van der Waals surface area contributed by atoms with Crippen molar-refractivity contribution in [1.29, 1.82) is 0 Å². The molecule has 21 heavy (non-hydrogen) atoms. The number of esters is 1. The quantitative estimate of drug-likeness (QED) is 0.797. The molecule has 3 atom stereocenters. The molecule has 0 bridgehead atoms. The van der Waals surface area contributed by atoms with E-state index in [2.05, 4.69) is 0 Å². The van der Waals surface area contributed by atoms with Gasteiger partial charge in [-0.05, 0) is 32.9 Å². The van der Waals surface area contributed by atoms with E-state index in [0.717, 1.165) is 0 Å². The summed E-state index contributed by atoms with van der Waals surface area (Å²) in [5, 5.41) is 9.34. The van der Waals surface area contributed by atoms with Crippen molar-refractivity contribution in [3.8, 4) is 0 Å². The van der Waals surface area contributed by atoms with Crippen molar-refractivity contribution < 1.29 is 23.8 Å². The van der Waals surface area contributed by atoms with Gasteiger partial charge in [0.25, 0.3) is 0 Å². The molecule has 0 radical (unpaired) electrons. The van der Waals surface area contributed by atoms with Crippen LogP contribution in [0.15, 0.2) is 22.8 Å². The summed E-state index contributed by atoms with van der Waals surface area (Å²) < 4.78 is 10.4. The van der Waals surface area contributed by atoms with Gasteiger partial charge < -0.3 is 20.0 Å². The fourth-order valence-corrected chi connectivity index (χ4v) is 2.29. The first-order valence-corrected chi connectivity index (χ1v) is 6.71. The highest BCUT2D eigenvalue weighted by Gasteiger charge is 2.49. The topological polar surface area (TPSA) is 106 Å². The molecule has 1 aromatic heterocycles. The number of ether oxygens (including phenoxy) is 1. The molecule has 0 aromatic carbocycles. The largest absolute Gasteiger partial charge is 0.480 e. The standard InChI is InChI=1S/C14H20N2O5/c1-14(2,3)21-13(19)8-7-16(11(8)15)10(12(17)18)9-5-4-6-20-9/h4-6,8,10-11H,7,15H2,1-3H3,(H,17,18). The molecule has 3 unspecified atom stereocenters. The maximum absolute atomic E-state index is 12.0. The van der Waals surface area contributed by atoms with Gasteiger partial charge in [0.05, 0.1) is 18.3 Å². The minimum atomic E-state index is -1.07. The van der Waals surface area contributed by atoms with Crippen LogP contribution in [-0.4, -0.2) is 40.3 Å². The molecule has 1 aliphatic rings. The number of carbonyl (C=O) groups is 2. The molecule has 0 saturated carbocycles. The number of hydrogen-bond donors (Lipinski definition) is 2. The lowest BCUT2D eigenvalue weighted by molar-refractivity contribution is -0.177. The summed E-state index contributed by atoms with van der Waals surface area (Å²) in [6.45, 7) is 5.55. The monoisotopic (exact) mass is 296 g/mol. The molecule has 1 aliphatic heterocycles. The molecule has 1 fully saturated rings. The Balaban J connectivity index is 2.05. The summed E-state index contributed by atoms with van der Waals surface area (Å²) in [7, 11) is 0. The molecule has 1 saturated heterocycles. The summed E-state index contributed by atoms with van der Waals surface area (Å²) in [5.74, 6) is -1.71. The van der Waals surface area contributed by atoms with E-state index in [1.165, 1.54) is 11.2 Å². The fourth-order valence-electron chi connectivity index (χ4n) is 2.29. The molecule has 0 aliphatic carbocycles. The van der Waals surface area contributed by atoms with Crippen molar-refractivity contribution in [3.05, 3.63) is 24.2 Å². The molecule has 2 heterocycles. The van der Waals surface area contributed by atoms with Crippen molar-refractivity contribution in [1.82, 2.24) is 4.90 Å². The second-order valence-electron chi connectivity index (χ2n) is 6.08. The SMILES string of the molecule is CC(C)(C)OC(=O)C1CN(C(C(=O)O)c2ccco2)C1N. The number of carbonyl (C=O) groups excluding carboxylic acids is 1. The van der Waals surface area contributed by atoms with Crippen LogP contribution in [0.4, 0.5) is 0 Å². The Morgan fingerprint density at radius 3 is 2.62 bits per heavy atom. The predicted octanol–water partition coefficient (Wildman–Crippen LogP) is 0.964. The van der Waals surface area contributed by atoms with Gasteiger partial charge in [-0.3, -0.25) is 14.5 Å². The fraction of sp³-hybridized carbons (Fsp3) is 0.571. The maximum atomic E-state index is 12.0. The third-order valence-electron chi connectivity index (χ3n) is 3.29. The minimum Gasteiger partial charge on any atom is -0.480 e. The highest BCUT2D eigenvalue weighted by molar-refractivity contribution is 5.78. The van der Waals surface area contributed by atoms with Crippen molar-refractivity contribution in [2.24, 2.45) is 11.7 Å². The molecular formula is C14H20N2O5. The van der Waals surface area contributed by atoms with E-state index >= 15 is 0 Å². The van der Waals surface area contributed by atoms with Crippen LogP contribution in [0.5, 0.6) is 0 Å². The van der Waals surface area contributed by atoms with E-state index in [4.69, 9.17) is 14.9 Å². The van der Waals surface area contributed by atoms with E-state index in [0.29, 0.717) is 5.76 Å². The number of nitrogens with zero attached hydrogens (tertiary/aromatic N) is 1. The first-order valence-electron chi connectivity index (χ1n) is 6.71. The van der Waals surface area contributed by atoms with Crippen molar-refractivity contribution >= 4 is 11.9 Å². The van der Waals surface area contributed by atoms with Crippen molar-refractivity contribution in [2.45, 2.75) is 38.6 Å². The molecule has 7 nitrogen and oxygen atoms in total. The summed E-state index contributed by atoms with van der Waals surface area (Å²) >= 11 is 0. The summed E-state index contributed by atoms with van der Waals surface area (Å²) in [4.78, 5) is 24.9. The van der Waals surface area contributed by atoms with E-state index in [1.54, 1.807) is 32.9 Å². The van der Waals surface area contributed by atoms with Crippen LogP contribution in [0.3, 0.4) is 0 Å². The zero-order valence-corrected chi connectivity index (χ0v) is 12.3. The van der Waals surface area contributed by atoms with Gasteiger partial charge in [-0.1, -0.05) is 0 Å². The van der Waals surface area contributed by atoms with Gasteiger partial charge in [0.15, 0.2) is 6.04 Å². The molecule has 116 valence electrons. The number of aliphatic carboxylic acids is 1. The third kappa shape index (κ3) is 3.25. The Morgan fingerprint density at radius 1 is 1.52 bits per heavy atom. The number of rotatable bonds is 4. The lowest BCUT2D eigenvalue weighted by Crippen LogP contribution is -2.66. The van der Waals surface area contributed by atoms with E-state index in [1.807, 2.05) is 0 Å². The van der Waals surface area contributed by atoms with Crippen LogP contribution in [0.1, 0.15) is 32.6 Å². The van der Waals surface area contributed by atoms with Gasteiger partial charge in [-0.2, -0.15) is 0 Å². The van der Waals surface area contributed by atoms with Gasteiger partial charge in [-0.25, -0.2) is 0 Å². The number of nitrogens with two attached hydrogens (primary N) is 1. The van der Waals surface area contributed by atoms with E-state index in [9.17, 15) is 14.7 Å². The summed E-state index contributed by atoms with van der Waals surface area (Å²) in [6.07, 6.45) is 0.702. The molecule has 0 spiro atoms. The molecular weight excluding hydrogens is 276 g/mol. The van der Waals surface area contributed by atoms with Crippen molar-refractivity contribution in [2.75, 3.05) is 6.54 Å². The number of carboxylic acids is 1. The average Bonchev–Trinajstić information content (AvgIpc) is 2.83. The van der Waals surface area contributed by atoms with Gasteiger partial charge in [0, 0.05) is 6.54 Å². The number of furan rings is 1. The van der Waals surface area contributed by atoms with Crippen LogP contribution >= 0.6 is 0 Å². The molecule has 2 rings (SSSR count). The first-order chi connectivity index (χ1) is 9.70. The zero-order valence-electron chi connectivity index (χ0n) is 12.3. The molecule has 0 amide bonds. The lowest BCUT2D eigenvalue weighted by Gasteiger charge is -2.47. The predicted molar refractivity (Wildman–Crippen MR) is 73.1 cm³/mol. The Labute approximate surface area is 122 Å². The van der Waals surface area contributed by atoms with Crippen LogP contribution in [-0.2, 0) is 14.3 Å². The van der Waals surface area contributed by atoms with Crippen LogP contribution in [0.25, 0.3) is 0 Å². The van der Waals surface area contributed by atoms with E-state index < -0.39 is 35.7 Å². The van der Waals surface area contributed by atoms with E-state index in [-0.39, 0.29) is 6.54 Å². The van der Waals surface area contributed by atoms with Gasteiger partial charge in [0.2, 0.25) is 0 Å². The van der Waals surface area contributed by atoms with Crippen LogP contribution in [0.2, 0.25) is 0 Å². The Kier molecular flexibility index (Phi) is 4.06. The Morgan fingerprint density at radius 2 is 2.19 bits per heavy atom. The van der Waals surface area contributed by atoms with Gasteiger partial charge in [0.1, 0.15) is 11.4 Å². The normalized spacial score (nSPS) is 24.2. The lowest BCUT2D eigenvalue weighted by atomic mass is 9.92. The number of carboxylic acid groups (broad SMARTS) is 1. The van der Waals surface area contributed by atoms with Crippen LogP contribution in [0, 0.1) is 5.92 Å². The van der Waals surface area contributed by atoms with Gasteiger partial charge in [-0.15, -0.1) is 0 Å². The summed E-state index contributed by atoms with van der Waals surface area (Å²) in [6, 6.07) is 2.20. The highest BCUT2D eigenvalue weighted by atomic mass is 16.6. The first kappa shape index (κ1) is 15.5. The Hall–Kier alpha value is -1.86. The maximum Gasteiger partial charge on any atom is 0.328 e. The second-order valence-corrected chi connectivity index (χ2v) is 6.08. The molecule has 3 N–H and O–H groups in total. The number of hydrogen-bond acceptors (Lipinski definition) is 6. The second kappa shape index (κ2) is 5.50. The third-order valence-corrected chi connectivity index (χ3v) is 3.29. The molecule has 7 heteroatoms. The van der Waals surface area contributed by atoms with Gasteiger partial charge >= 0.3 is 11.9 Å².